The summed E-state index contributed by atoms with van der Waals surface area (Å²) in [5.41, 5.74) is 1.61. The smallest absolute Gasteiger partial charge is 0.303 e. The number of likely N-dealkylation sites (tertiary alicyclic amines) is 1. The third-order valence-electron chi connectivity index (χ3n) is 6.81. The van der Waals surface area contributed by atoms with Crippen LogP contribution in [0.25, 0.3) is 10.9 Å². The maximum absolute atomic E-state index is 15.7. The maximum atomic E-state index is 15.7. The molecule has 1 fully saturated rings. The molecule has 1 aliphatic rings. The molecule has 5 nitrogen and oxygen atoms in total. The van der Waals surface area contributed by atoms with Crippen molar-refractivity contribution < 1.29 is 19.0 Å². The second-order valence-corrected chi connectivity index (χ2v) is 10.3. The van der Waals surface area contributed by atoms with Crippen molar-refractivity contribution in [2.75, 3.05) is 26.7 Å². The summed E-state index contributed by atoms with van der Waals surface area (Å²) in [6.45, 7) is 2.14. The summed E-state index contributed by atoms with van der Waals surface area (Å²) in [6.07, 6.45) is 2.24. The lowest BCUT2D eigenvalue weighted by atomic mass is 9.71. The van der Waals surface area contributed by atoms with Crippen molar-refractivity contribution in [3.05, 3.63) is 57.4 Å². The fourth-order valence-electron chi connectivity index (χ4n) is 4.80. The topological polar surface area (TPSA) is 62.7 Å². The summed E-state index contributed by atoms with van der Waals surface area (Å²) in [5, 5.41) is 14.5. The number of fused-ring (bicyclic) bond motifs is 1. The minimum Gasteiger partial charge on any atom is -0.497 e. The zero-order valence-corrected chi connectivity index (χ0v) is 21.2. The van der Waals surface area contributed by atoms with Gasteiger partial charge in [0.25, 0.3) is 0 Å². The van der Waals surface area contributed by atoms with E-state index in [2.05, 4.69) is 21.7 Å². The molecule has 0 amide bonds. The first-order valence-corrected chi connectivity index (χ1v) is 12.9. The highest BCUT2D eigenvalue weighted by Gasteiger charge is 2.37. The Morgan fingerprint density at radius 2 is 2.17 bits per heavy atom. The lowest BCUT2D eigenvalue weighted by Gasteiger charge is -2.41. The second-order valence-electron chi connectivity index (χ2n) is 9.07. The Kier molecular flexibility index (Phi) is 8.27. The summed E-state index contributed by atoms with van der Waals surface area (Å²) in [5.74, 6) is 6.12. The van der Waals surface area contributed by atoms with E-state index in [0.717, 1.165) is 18.7 Å². The number of methoxy groups -OCH3 is 1. The Labute approximate surface area is 213 Å². The number of hydrogen-bond acceptors (Lipinski definition) is 5. The molecule has 0 spiro atoms. The van der Waals surface area contributed by atoms with Crippen LogP contribution < -0.4 is 4.74 Å². The molecule has 2 aromatic heterocycles. The molecule has 1 aromatic carbocycles. The maximum Gasteiger partial charge on any atom is 0.303 e. The van der Waals surface area contributed by atoms with Gasteiger partial charge in [0.15, 0.2) is 0 Å². The van der Waals surface area contributed by atoms with Crippen LogP contribution in [0.5, 0.6) is 5.75 Å². The van der Waals surface area contributed by atoms with Gasteiger partial charge in [-0.3, -0.25) is 14.7 Å². The van der Waals surface area contributed by atoms with Crippen LogP contribution in [0.3, 0.4) is 0 Å². The fraction of sp³-hybridized carbons (Fsp3) is 0.407. The summed E-state index contributed by atoms with van der Waals surface area (Å²) < 4.78 is 21.0. The molecule has 0 saturated carbocycles. The number of benzene rings is 1. The van der Waals surface area contributed by atoms with Gasteiger partial charge >= 0.3 is 5.97 Å². The van der Waals surface area contributed by atoms with Crippen LogP contribution in [0.1, 0.15) is 49.4 Å². The quantitative estimate of drug-likeness (QED) is 0.354. The normalized spacial score (nSPS) is 16.4. The van der Waals surface area contributed by atoms with E-state index in [4.69, 9.17) is 16.3 Å². The molecule has 3 heterocycles. The first kappa shape index (κ1) is 25.4. The van der Waals surface area contributed by atoms with E-state index < -0.39 is 17.6 Å². The van der Waals surface area contributed by atoms with Gasteiger partial charge < -0.3 is 9.84 Å². The van der Waals surface area contributed by atoms with Gasteiger partial charge in [-0.15, -0.1) is 0 Å². The number of pyridine rings is 1. The predicted molar refractivity (Wildman–Crippen MR) is 138 cm³/mol. The average Bonchev–Trinajstić information content (AvgIpc) is 3.36. The summed E-state index contributed by atoms with van der Waals surface area (Å²) in [7, 11) is 1.56. The van der Waals surface area contributed by atoms with Gasteiger partial charge in [0.1, 0.15) is 11.9 Å². The first-order valence-electron chi connectivity index (χ1n) is 11.6. The van der Waals surface area contributed by atoms with E-state index in [1.165, 1.54) is 6.20 Å². The van der Waals surface area contributed by atoms with Gasteiger partial charge in [-0.1, -0.05) is 23.4 Å². The minimum absolute atomic E-state index is 0.0345. The average molecular weight is 515 g/mol. The molecule has 1 aliphatic heterocycles. The van der Waals surface area contributed by atoms with Crippen LogP contribution >= 0.6 is 22.9 Å². The molecule has 184 valence electrons. The number of halogens is 2. The van der Waals surface area contributed by atoms with Gasteiger partial charge in [0.2, 0.25) is 0 Å². The highest BCUT2D eigenvalue weighted by Crippen LogP contribution is 2.44. The van der Waals surface area contributed by atoms with E-state index in [9.17, 15) is 9.90 Å². The van der Waals surface area contributed by atoms with Gasteiger partial charge in [0, 0.05) is 28.1 Å². The number of nitrogens with zero attached hydrogens (tertiary/aromatic N) is 2. The number of thiophene rings is 1. The highest BCUT2D eigenvalue weighted by atomic mass is 35.5. The van der Waals surface area contributed by atoms with E-state index in [1.54, 1.807) is 36.6 Å². The van der Waals surface area contributed by atoms with Crippen LogP contribution in [-0.4, -0.2) is 47.7 Å². The summed E-state index contributed by atoms with van der Waals surface area (Å²) in [4.78, 5) is 18.2. The molecule has 0 radical (unpaired) electrons. The molecule has 8 heteroatoms. The van der Waals surface area contributed by atoms with Gasteiger partial charge in [-0.05, 0) is 73.8 Å². The number of carbonyl (C=O) groups is 1. The van der Waals surface area contributed by atoms with E-state index >= 15 is 4.39 Å². The van der Waals surface area contributed by atoms with Crippen molar-refractivity contribution in [1.29, 1.82) is 0 Å². The van der Waals surface area contributed by atoms with Crippen molar-refractivity contribution in [2.45, 2.75) is 38.3 Å². The number of aromatic nitrogens is 1. The zero-order valence-electron chi connectivity index (χ0n) is 19.6. The third-order valence-corrected chi connectivity index (χ3v) is 7.79. The van der Waals surface area contributed by atoms with Crippen molar-refractivity contribution in [3.8, 4) is 17.6 Å². The number of hydrogen-bond donors (Lipinski definition) is 1. The highest BCUT2D eigenvalue weighted by molar-refractivity contribution is 7.08. The van der Waals surface area contributed by atoms with E-state index in [1.807, 2.05) is 16.8 Å². The van der Waals surface area contributed by atoms with Crippen LogP contribution in [0.15, 0.2) is 41.2 Å². The number of rotatable bonds is 8. The number of aliphatic carboxylic acids is 1. The molecule has 4 rings (SSSR count). The largest absolute Gasteiger partial charge is 0.497 e. The SMILES string of the molecule is COc1ccc2ncc(Cl)c([C@H](F)CCC3(CC(=O)O)CCN(CC#Cc4ccsc4)CC3)c2c1. The molecule has 1 N–H and O–H groups in total. The molecule has 0 bridgehead atoms. The van der Waals surface area contributed by atoms with Crippen molar-refractivity contribution in [3.63, 3.8) is 0 Å². The molecule has 1 saturated heterocycles. The molecule has 35 heavy (non-hydrogen) atoms. The van der Waals surface area contributed by atoms with Gasteiger partial charge in [-0.2, -0.15) is 11.3 Å². The van der Waals surface area contributed by atoms with Crippen LogP contribution in [0.2, 0.25) is 5.02 Å². The van der Waals surface area contributed by atoms with E-state index in [0.29, 0.717) is 48.0 Å². The lowest BCUT2D eigenvalue weighted by Crippen LogP contribution is -2.41. The van der Waals surface area contributed by atoms with Crippen molar-refractivity contribution >= 4 is 39.8 Å². The molecule has 0 aliphatic carbocycles. The van der Waals surface area contributed by atoms with Crippen LogP contribution in [0, 0.1) is 17.3 Å². The van der Waals surface area contributed by atoms with Crippen molar-refractivity contribution in [1.82, 2.24) is 9.88 Å². The summed E-state index contributed by atoms with van der Waals surface area (Å²) >= 11 is 8.00. The number of carboxylic acids is 1. The Morgan fingerprint density at radius 3 is 2.86 bits per heavy atom. The Balaban J connectivity index is 1.44. The van der Waals surface area contributed by atoms with Crippen LogP contribution in [-0.2, 0) is 4.79 Å². The number of alkyl halides is 1. The lowest BCUT2D eigenvalue weighted by molar-refractivity contribution is -0.141. The summed E-state index contributed by atoms with van der Waals surface area (Å²) in [6, 6.07) is 7.30. The zero-order chi connectivity index (χ0) is 24.8. The van der Waals surface area contributed by atoms with E-state index in [-0.39, 0.29) is 17.9 Å². The second kappa shape index (κ2) is 11.4. The monoisotopic (exact) mass is 514 g/mol. The molecular formula is C27H28ClFN2O3S. The number of piperidine rings is 1. The molecule has 0 unspecified atom stereocenters. The molecular weight excluding hydrogens is 487 g/mol. The van der Waals surface area contributed by atoms with Crippen LogP contribution in [0.4, 0.5) is 4.39 Å². The Hall–Kier alpha value is -2.66. The third kappa shape index (κ3) is 6.32. The van der Waals surface area contributed by atoms with Gasteiger partial charge in [-0.25, -0.2) is 4.39 Å². The molecule has 3 aromatic rings. The number of carboxylic acid groups (broad SMARTS) is 1. The minimum atomic E-state index is -1.33. The number of ether oxygens (including phenoxy) is 1. The first-order chi connectivity index (χ1) is 16.9. The standard InChI is InChI=1S/C27H28ClFN2O3S/c1-34-20-4-5-24-21(15-20)26(22(28)17-30-24)23(29)6-8-27(16-25(32)33)9-12-31(13-10-27)11-2-3-19-7-14-35-18-19/h4-5,7,14-15,17-18,23H,6,8-13,16H2,1H3,(H,32,33)/t23-/m1/s1. The van der Waals surface area contributed by atoms with Gasteiger partial charge in [0.05, 0.1) is 30.6 Å². The fourth-order valence-corrected chi connectivity index (χ4v) is 5.66. The predicted octanol–water partition coefficient (Wildman–Crippen LogP) is 6.36. The Bertz CT molecular complexity index is 1230. The Morgan fingerprint density at radius 1 is 1.37 bits per heavy atom. The molecule has 1 atom stereocenters. The van der Waals surface area contributed by atoms with Crippen molar-refractivity contribution in [2.24, 2.45) is 5.41 Å².